The third-order valence-electron chi connectivity index (χ3n) is 4.39. The molecule has 1 aromatic heterocycles. The highest BCUT2D eigenvalue weighted by atomic mass is 32.2. The number of aryl methyl sites for hydroxylation is 1. The molecule has 0 aliphatic rings. The molecule has 3 aromatic rings. The number of hydrogen-bond acceptors (Lipinski definition) is 7. The van der Waals surface area contributed by atoms with E-state index in [0.717, 1.165) is 12.5 Å². The standard InChI is InChI=1S/C20H23FN4O3S/c1-5-8-29(4,27)25-16-10-15-18(12(2)19(16)28-3)20(23-11-22-15)24-14-7-6-13(21)9-17(14)26/h6-7,9-11,26H,5,8H2,1-4H3,(H,22,23,24). The molecule has 1 atom stereocenters. The van der Waals surface area contributed by atoms with Gasteiger partial charge in [0, 0.05) is 38.8 Å². The van der Waals surface area contributed by atoms with Crippen molar-refractivity contribution in [3.8, 4) is 11.5 Å². The maximum Gasteiger partial charge on any atom is 0.149 e. The highest BCUT2D eigenvalue weighted by Gasteiger charge is 2.17. The Bertz CT molecular complexity index is 1190. The van der Waals surface area contributed by atoms with E-state index < -0.39 is 15.5 Å². The van der Waals surface area contributed by atoms with Gasteiger partial charge in [-0.3, -0.25) is 0 Å². The molecule has 0 aliphatic heterocycles. The number of benzene rings is 2. The Morgan fingerprint density at radius 3 is 2.72 bits per heavy atom. The first-order valence-electron chi connectivity index (χ1n) is 9.03. The third kappa shape index (κ3) is 4.40. The summed E-state index contributed by atoms with van der Waals surface area (Å²) in [5.41, 5.74) is 2.05. The van der Waals surface area contributed by atoms with Crippen molar-refractivity contribution in [1.82, 2.24) is 9.97 Å². The lowest BCUT2D eigenvalue weighted by atomic mass is 10.1. The number of halogens is 1. The number of ether oxygens (including phenoxy) is 1. The number of nitrogens with zero attached hydrogens (tertiary/aromatic N) is 3. The average molecular weight is 418 g/mol. The molecule has 0 saturated carbocycles. The molecule has 0 spiro atoms. The Morgan fingerprint density at radius 2 is 2.07 bits per heavy atom. The number of fused-ring (bicyclic) bond motifs is 1. The molecular weight excluding hydrogens is 395 g/mol. The fraction of sp³-hybridized carbons (Fsp3) is 0.300. The van der Waals surface area contributed by atoms with E-state index in [9.17, 15) is 13.7 Å². The summed E-state index contributed by atoms with van der Waals surface area (Å²) in [7, 11) is -0.883. The number of phenolic OH excluding ortho intramolecular Hbond substituents is 1. The molecule has 0 bridgehead atoms. The average Bonchev–Trinajstić information content (AvgIpc) is 2.64. The molecule has 0 fully saturated rings. The van der Waals surface area contributed by atoms with E-state index in [4.69, 9.17) is 4.74 Å². The first-order chi connectivity index (χ1) is 13.8. The number of methoxy groups -OCH3 is 1. The van der Waals surface area contributed by atoms with E-state index in [1.807, 2.05) is 13.8 Å². The van der Waals surface area contributed by atoms with Crippen LogP contribution in [0.5, 0.6) is 11.5 Å². The van der Waals surface area contributed by atoms with E-state index >= 15 is 0 Å². The van der Waals surface area contributed by atoms with Crippen molar-refractivity contribution in [2.24, 2.45) is 4.36 Å². The fourth-order valence-corrected chi connectivity index (χ4v) is 4.57. The van der Waals surface area contributed by atoms with Gasteiger partial charge in [-0.2, -0.15) is 4.36 Å². The van der Waals surface area contributed by atoms with Crippen LogP contribution in [0.4, 0.5) is 21.6 Å². The number of aromatic hydroxyl groups is 1. The topological polar surface area (TPSA) is 96.7 Å². The summed E-state index contributed by atoms with van der Waals surface area (Å²) in [5.74, 6) is 0.598. The van der Waals surface area contributed by atoms with Gasteiger partial charge in [-0.1, -0.05) is 6.92 Å². The molecule has 0 amide bonds. The zero-order valence-electron chi connectivity index (χ0n) is 16.7. The van der Waals surface area contributed by atoms with Gasteiger partial charge in [0.1, 0.15) is 35.1 Å². The highest BCUT2D eigenvalue weighted by molar-refractivity contribution is 7.93. The number of nitrogens with one attached hydrogen (secondary N) is 1. The summed E-state index contributed by atoms with van der Waals surface area (Å²) in [4.78, 5) is 8.58. The summed E-state index contributed by atoms with van der Waals surface area (Å²) in [5, 5.41) is 13.7. The minimum Gasteiger partial charge on any atom is -0.506 e. The second-order valence-corrected chi connectivity index (χ2v) is 9.22. The van der Waals surface area contributed by atoms with Gasteiger partial charge >= 0.3 is 0 Å². The van der Waals surface area contributed by atoms with Gasteiger partial charge in [0.2, 0.25) is 0 Å². The van der Waals surface area contributed by atoms with Gasteiger partial charge in [-0.05, 0) is 31.5 Å². The van der Waals surface area contributed by atoms with E-state index in [-0.39, 0.29) is 5.75 Å². The maximum atomic E-state index is 13.3. The minimum atomic E-state index is -2.40. The largest absolute Gasteiger partial charge is 0.506 e. The summed E-state index contributed by atoms with van der Waals surface area (Å²) in [6.45, 7) is 3.79. The maximum absolute atomic E-state index is 13.3. The number of phenols is 1. The molecule has 0 saturated heterocycles. The van der Waals surface area contributed by atoms with Crippen LogP contribution >= 0.6 is 0 Å². The quantitative estimate of drug-likeness (QED) is 0.565. The Balaban J connectivity index is 2.19. The molecule has 2 N–H and O–H groups in total. The van der Waals surface area contributed by atoms with Crippen LogP contribution in [0.3, 0.4) is 0 Å². The second-order valence-electron chi connectivity index (χ2n) is 6.71. The zero-order chi connectivity index (χ0) is 21.2. The molecule has 2 aromatic carbocycles. The summed E-state index contributed by atoms with van der Waals surface area (Å²) in [6.07, 6.45) is 3.75. The lowest BCUT2D eigenvalue weighted by molar-refractivity contribution is 0.414. The molecular formula is C20H23FN4O3S. The van der Waals surface area contributed by atoms with Gasteiger partial charge in [0.15, 0.2) is 0 Å². The van der Waals surface area contributed by atoms with Crippen molar-refractivity contribution < 1.29 is 18.4 Å². The van der Waals surface area contributed by atoms with Crippen molar-refractivity contribution in [2.45, 2.75) is 20.3 Å². The molecule has 154 valence electrons. The van der Waals surface area contributed by atoms with Crippen LogP contribution in [0.2, 0.25) is 0 Å². The molecule has 1 heterocycles. The van der Waals surface area contributed by atoms with Crippen LogP contribution in [0.25, 0.3) is 10.9 Å². The monoisotopic (exact) mass is 418 g/mol. The van der Waals surface area contributed by atoms with Crippen LogP contribution in [-0.4, -0.2) is 38.4 Å². The predicted octanol–water partition coefficient (Wildman–Crippen LogP) is 4.67. The Hall–Kier alpha value is -2.94. The fourth-order valence-electron chi connectivity index (χ4n) is 3.17. The summed E-state index contributed by atoms with van der Waals surface area (Å²) >= 11 is 0. The van der Waals surface area contributed by atoms with Gasteiger partial charge in [0.25, 0.3) is 0 Å². The zero-order valence-corrected chi connectivity index (χ0v) is 17.5. The summed E-state index contributed by atoms with van der Waals surface area (Å²) < 4.78 is 36.0. The first-order valence-corrected chi connectivity index (χ1v) is 11.1. The normalized spacial score (nSPS) is 13.1. The number of rotatable bonds is 6. The van der Waals surface area contributed by atoms with Gasteiger partial charge in [-0.25, -0.2) is 18.6 Å². The molecule has 3 rings (SSSR count). The number of hydrogen-bond donors (Lipinski definition) is 2. The Kier molecular flexibility index (Phi) is 5.88. The van der Waals surface area contributed by atoms with E-state index in [1.165, 1.54) is 25.6 Å². The molecule has 1 unspecified atom stereocenters. The smallest absolute Gasteiger partial charge is 0.149 e. The van der Waals surface area contributed by atoms with Crippen molar-refractivity contribution in [1.29, 1.82) is 0 Å². The van der Waals surface area contributed by atoms with Crippen LogP contribution in [0, 0.1) is 12.7 Å². The van der Waals surface area contributed by atoms with Crippen LogP contribution in [-0.2, 0) is 9.73 Å². The van der Waals surface area contributed by atoms with Crippen molar-refractivity contribution in [2.75, 3.05) is 24.4 Å². The molecule has 0 radical (unpaired) electrons. The van der Waals surface area contributed by atoms with E-state index in [0.29, 0.717) is 45.2 Å². The third-order valence-corrected chi connectivity index (χ3v) is 6.14. The Labute approximate surface area is 169 Å². The van der Waals surface area contributed by atoms with Crippen molar-refractivity contribution >= 4 is 37.8 Å². The van der Waals surface area contributed by atoms with Crippen LogP contribution in [0.1, 0.15) is 18.9 Å². The molecule has 9 heteroatoms. The predicted molar refractivity (Wildman–Crippen MR) is 113 cm³/mol. The second kappa shape index (κ2) is 8.20. The highest BCUT2D eigenvalue weighted by Crippen LogP contribution is 2.40. The first kappa shape index (κ1) is 20.8. The van der Waals surface area contributed by atoms with Gasteiger partial charge < -0.3 is 15.2 Å². The molecule has 0 aliphatic carbocycles. The Morgan fingerprint density at radius 1 is 1.31 bits per heavy atom. The van der Waals surface area contributed by atoms with Gasteiger partial charge in [-0.15, -0.1) is 0 Å². The number of aromatic nitrogens is 2. The summed E-state index contributed by atoms with van der Waals surface area (Å²) in [6, 6.07) is 5.38. The van der Waals surface area contributed by atoms with Crippen LogP contribution < -0.4 is 10.1 Å². The van der Waals surface area contributed by atoms with Gasteiger partial charge in [0.05, 0.1) is 18.3 Å². The number of anilines is 2. The van der Waals surface area contributed by atoms with E-state index in [1.54, 1.807) is 12.3 Å². The van der Waals surface area contributed by atoms with E-state index in [2.05, 4.69) is 19.6 Å². The van der Waals surface area contributed by atoms with Crippen molar-refractivity contribution in [3.05, 3.63) is 42.0 Å². The van der Waals surface area contributed by atoms with Crippen molar-refractivity contribution in [3.63, 3.8) is 0 Å². The van der Waals surface area contributed by atoms with Crippen LogP contribution in [0.15, 0.2) is 35.0 Å². The minimum absolute atomic E-state index is 0.238. The lowest BCUT2D eigenvalue weighted by Gasteiger charge is -2.15. The lowest BCUT2D eigenvalue weighted by Crippen LogP contribution is -2.02. The SMILES string of the molecule is CCCS(C)(=O)=Nc1cc2ncnc(Nc3ccc(F)cc3O)c2c(C)c1OC. The molecule has 29 heavy (non-hydrogen) atoms. The molecule has 7 nitrogen and oxygen atoms in total.